The zero-order chi connectivity index (χ0) is 31.6. The van der Waals surface area contributed by atoms with Gasteiger partial charge in [-0.1, -0.05) is 109 Å². The van der Waals surface area contributed by atoms with E-state index in [0.717, 1.165) is 72.2 Å². The predicted molar refractivity (Wildman–Crippen MR) is 192 cm³/mol. The van der Waals surface area contributed by atoms with E-state index in [1.807, 2.05) is 72.8 Å². The molecule has 5 nitrogen and oxygen atoms in total. The summed E-state index contributed by atoms with van der Waals surface area (Å²) in [5.41, 5.74) is 8.94. The fraction of sp³-hybridized carbons (Fsp3) is 0. The molecule has 7 aromatic carbocycles. The van der Waals surface area contributed by atoms with Gasteiger partial charge in [-0.2, -0.15) is 0 Å². The molecular weight excluding hydrogens is 590 g/mol. The number of hydrogen-bond donors (Lipinski definition) is 0. The molecule has 1 aliphatic rings. The van der Waals surface area contributed by atoms with Crippen molar-refractivity contribution < 1.29 is 9.15 Å². The van der Waals surface area contributed by atoms with Gasteiger partial charge in [0.15, 0.2) is 17.5 Å². The van der Waals surface area contributed by atoms with Gasteiger partial charge in [0.1, 0.15) is 22.7 Å². The van der Waals surface area contributed by atoms with Gasteiger partial charge in [0.05, 0.1) is 0 Å². The summed E-state index contributed by atoms with van der Waals surface area (Å²) in [6, 6.07) is 51.7. The van der Waals surface area contributed by atoms with Crippen molar-refractivity contribution in [1.29, 1.82) is 0 Å². The summed E-state index contributed by atoms with van der Waals surface area (Å²) in [6.07, 6.45) is 0. The third-order valence-corrected chi connectivity index (χ3v) is 9.13. The van der Waals surface area contributed by atoms with E-state index in [0.29, 0.717) is 17.5 Å². The summed E-state index contributed by atoms with van der Waals surface area (Å²) in [6.45, 7) is 0. The number of ether oxygens (including phenoxy) is 1. The summed E-state index contributed by atoms with van der Waals surface area (Å²) >= 11 is 0. The van der Waals surface area contributed by atoms with Crippen LogP contribution in [-0.2, 0) is 0 Å². The first-order valence-corrected chi connectivity index (χ1v) is 15.9. The molecular formula is C43H25N3O2. The van der Waals surface area contributed by atoms with Crippen molar-refractivity contribution in [3.63, 3.8) is 0 Å². The third-order valence-electron chi connectivity index (χ3n) is 9.13. The number of fused-ring (bicyclic) bond motifs is 5. The molecule has 0 radical (unpaired) electrons. The molecule has 48 heavy (non-hydrogen) atoms. The van der Waals surface area contributed by atoms with Crippen molar-refractivity contribution in [3.05, 3.63) is 152 Å². The van der Waals surface area contributed by atoms with E-state index in [-0.39, 0.29) is 0 Å². The number of aromatic nitrogens is 3. The van der Waals surface area contributed by atoms with Crippen molar-refractivity contribution in [3.8, 4) is 67.9 Å². The Kier molecular flexibility index (Phi) is 5.81. The molecule has 0 spiro atoms. The first kappa shape index (κ1) is 26.6. The molecule has 0 N–H and O–H groups in total. The molecule has 3 heterocycles. The molecule has 10 rings (SSSR count). The zero-order valence-electron chi connectivity index (χ0n) is 25.6. The Morgan fingerprint density at radius 1 is 0.375 bits per heavy atom. The van der Waals surface area contributed by atoms with E-state index < -0.39 is 0 Å². The molecule has 0 saturated heterocycles. The topological polar surface area (TPSA) is 61.0 Å². The minimum absolute atomic E-state index is 0.610. The van der Waals surface area contributed by atoms with Crippen LogP contribution in [-0.4, -0.2) is 15.0 Å². The fourth-order valence-corrected chi connectivity index (χ4v) is 6.77. The van der Waals surface area contributed by atoms with Crippen LogP contribution in [0, 0.1) is 0 Å². The maximum absolute atomic E-state index is 6.33. The Hall–Kier alpha value is -6.59. The molecule has 2 aromatic heterocycles. The number of rotatable bonds is 4. The summed E-state index contributed by atoms with van der Waals surface area (Å²) in [4.78, 5) is 14.9. The quantitative estimate of drug-likeness (QED) is 0.197. The molecule has 224 valence electrons. The summed E-state index contributed by atoms with van der Waals surface area (Å²) in [5, 5.41) is 4.43. The highest BCUT2D eigenvalue weighted by Gasteiger charge is 2.20. The second-order valence-corrected chi connectivity index (χ2v) is 12.0. The molecule has 0 aliphatic carbocycles. The Balaban J connectivity index is 1.06. The van der Waals surface area contributed by atoms with Crippen LogP contribution in [0.25, 0.3) is 89.1 Å². The molecule has 0 amide bonds. The number of furan rings is 1. The van der Waals surface area contributed by atoms with E-state index in [1.54, 1.807) is 0 Å². The smallest absolute Gasteiger partial charge is 0.164 e. The standard InChI is InChI=1S/C43H25N3O2/c1-2-8-28(9-3-1)41-44-42(46-43(45-41)31-21-23-37-34(25-31)32-12-4-5-14-36(32)47-37)29-18-16-26(17-19-29)30-20-22-38-35(24-30)33-13-6-10-27-11-7-15-39(48-38)40(27)33/h1-25H. The summed E-state index contributed by atoms with van der Waals surface area (Å²) in [7, 11) is 0. The third kappa shape index (κ3) is 4.29. The van der Waals surface area contributed by atoms with Gasteiger partial charge < -0.3 is 9.15 Å². The lowest BCUT2D eigenvalue weighted by Gasteiger charge is -2.22. The Morgan fingerprint density at radius 2 is 1.02 bits per heavy atom. The van der Waals surface area contributed by atoms with Crippen LogP contribution in [0.5, 0.6) is 11.5 Å². The molecule has 0 bridgehead atoms. The SMILES string of the molecule is c1ccc(-c2nc(-c3ccc(-c4ccc5c(c4)-c4cccc6cccc(c46)O5)cc3)nc(-c3ccc4oc5ccccc5c4c3)n2)cc1. The van der Waals surface area contributed by atoms with Crippen molar-refractivity contribution >= 4 is 32.7 Å². The zero-order valence-corrected chi connectivity index (χ0v) is 25.6. The van der Waals surface area contributed by atoms with Gasteiger partial charge in [-0.05, 0) is 64.5 Å². The molecule has 0 unspecified atom stereocenters. The highest BCUT2D eigenvalue weighted by atomic mass is 16.5. The second-order valence-electron chi connectivity index (χ2n) is 12.0. The van der Waals surface area contributed by atoms with Gasteiger partial charge in [-0.25, -0.2) is 15.0 Å². The van der Waals surface area contributed by atoms with Gasteiger partial charge in [0, 0.05) is 38.4 Å². The number of nitrogens with zero attached hydrogens (tertiary/aromatic N) is 3. The van der Waals surface area contributed by atoms with Gasteiger partial charge in [-0.15, -0.1) is 0 Å². The Labute approximate surface area is 275 Å². The van der Waals surface area contributed by atoms with Crippen molar-refractivity contribution in [1.82, 2.24) is 15.0 Å². The molecule has 9 aromatic rings. The van der Waals surface area contributed by atoms with Gasteiger partial charge in [0.2, 0.25) is 0 Å². The van der Waals surface area contributed by atoms with Crippen molar-refractivity contribution in [2.24, 2.45) is 0 Å². The minimum Gasteiger partial charge on any atom is -0.456 e. The lowest BCUT2D eigenvalue weighted by atomic mass is 9.92. The normalized spacial score (nSPS) is 11.9. The highest BCUT2D eigenvalue weighted by Crippen LogP contribution is 2.47. The van der Waals surface area contributed by atoms with Crippen LogP contribution in [0.2, 0.25) is 0 Å². The van der Waals surface area contributed by atoms with E-state index in [9.17, 15) is 0 Å². The Bertz CT molecular complexity index is 2690. The molecule has 0 atom stereocenters. The summed E-state index contributed by atoms with van der Waals surface area (Å²) in [5.74, 6) is 3.62. The number of para-hydroxylation sites is 1. The van der Waals surface area contributed by atoms with Crippen LogP contribution in [0.4, 0.5) is 0 Å². The molecule has 1 aliphatic heterocycles. The largest absolute Gasteiger partial charge is 0.456 e. The maximum Gasteiger partial charge on any atom is 0.164 e. The van der Waals surface area contributed by atoms with Crippen LogP contribution in [0.3, 0.4) is 0 Å². The summed E-state index contributed by atoms with van der Waals surface area (Å²) < 4.78 is 12.4. The average molecular weight is 616 g/mol. The monoisotopic (exact) mass is 615 g/mol. The van der Waals surface area contributed by atoms with E-state index in [2.05, 4.69) is 78.9 Å². The number of benzene rings is 7. The van der Waals surface area contributed by atoms with Crippen LogP contribution >= 0.6 is 0 Å². The van der Waals surface area contributed by atoms with Crippen LogP contribution in [0.1, 0.15) is 0 Å². The van der Waals surface area contributed by atoms with E-state index >= 15 is 0 Å². The van der Waals surface area contributed by atoms with Crippen LogP contribution < -0.4 is 4.74 Å². The average Bonchev–Trinajstić information content (AvgIpc) is 3.53. The molecule has 5 heteroatoms. The molecule has 0 fully saturated rings. The van der Waals surface area contributed by atoms with Crippen LogP contribution in [0.15, 0.2) is 156 Å². The lowest BCUT2D eigenvalue weighted by molar-refractivity contribution is 0.487. The van der Waals surface area contributed by atoms with Gasteiger partial charge >= 0.3 is 0 Å². The van der Waals surface area contributed by atoms with Crippen molar-refractivity contribution in [2.75, 3.05) is 0 Å². The van der Waals surface area contributed by atoms with Gasteiger partial charge in [0.25, 0.3) is 0 Å². The Morgan fingerprint density at radius 3 is 1.85 bits per heavy atom. The van der Waals surface area contributed by atoms with E-state index in [1.165, 1.54) is 10.9 Å². The number of hydrogen-bond acceptors (Lipinski definition) is 5. The second kappa shape index (κ2) is 10.5. The minimum atomic E-state index is 0.610. The molecule has 0 saturated carbocycles. The lowest BCUT2D eigenvalue weighted by Crippen LogP contribution is -2.00. The fourth-order valence-electron chi connectivity index (χ4n) is 6.77. The highest BCUT2D eigenvalue weighted by molar-refractivity contribution is 6.06. The predicted octanol–water partition coefficient (Wildman–Crippen LogP) is 11.4. The first-order chi connectivity index (χ1) is 23.7. The van der Waals surface area contributed by atoms with Gasteiger partial charge in [-0.3, -0.25) is 0 Å². The maximum atomic E-state index is 6.33. The van der Waals surface area contributed by atoms with Crippen molar-refractivity contribution in [2.45, 2.75) is 0 Å². The first-order valence-electron chi connectivity index (χ1n) is 15.9. The van der Waals surface area contributed by atoms with E-state index in [4.69, 9.17) is 24.1 Å².